The Labute approximate surface area is 178 Å². The molecule has 2 heterocycles. The summed E-state index contributed by atoms with van der Waals surface area (Å²) in [7, 11) is 4.23. The average Bonchev–Trinajstić information content (AvgIpc) is 2.74. The lowest BCUT2D eigenvalue weighted by molar-refractivity contribution is -0.143. The number of rotatable bonds is 4. The molecule has 1 aliphatic rings. The van der Waals surface area contributed by atoms with E-state index < -0.39 is 29.1 Å². The number of ether oxygens (including phenoxy) is 2. The van der Waals surface area contributed by atoms with Crippen molar-refractivity contribution in [2.24, 2.45) is 14.1 Å². The number of esters is 2. The fraction of sp³-hybridized carbons (Fsp3) is 0.364. The highest BCUT2D eigenvalue weighted by Gasteiger charge is 2.37. The Kier molecular flexibility index (Phi) is 5.88. The van der Waals surface area contributed by atoms with Gasteiger partial charge in [0.25, 0.3) is 5.56 Å². The summed E-state index contributed by atoms with van der Waals surface area (Å²) in [6.07, 6.45) is -0.362. The van der Waals surface area contributed by atoms with Gasteiger partial charge in [-0.25, -0.2) is 14.4 Å². The molecule has 0 radical (unpaired) electrons. The molecule has 0 saturated heterocycles. The molecule has 0 bridgehead atoms. The van der Waals surface area contributed by atoms with Gasteiger partial charge in [-0.3, -0.25) is 13.9 Å². The number of hydrogen-bond donors (Lipinski definition) is 1. The summed E-state index contributed by atoms with van der Waals surface area (Å²) in [4.78, 5) is 50.4. The Morgan fingerprint density at radius 1 is 1.03 bits per heavy atom. The minimum Gasteiger partial charge on any atom is -0.465 e. The summed E-state index contributed by atoms with van der Waals surface area (Å²) < 4.78 is 12.5. The van der Waals surface area contributed by atoms with Crippen LogP contribution < -0.4 is 16.6 Å². The number of benzene rings is 1. The van der Waals surface area contributed by atoms with Crippen LogP contribution in [-0.4, -0.2) is 34.3 Å². The standard InChI is InChI=1S/C22H25N3O6/c1-11(2)31-21(28)15-12(3)23-18-17(19(26)25(5)22(29)24(18)4)16(15)13-7-9-14(10-8-13)20(27)30-6/h7-11,16,23H,1-6H3. The molecule has 9 nitrogen and oxygen atoms in total. The molecule has 1 aliphatic heterocycles. The van der Waals surface area contributed by atoms with Crippen LogP contribution in [0.1, 0.15) is 48.2 Å². The van der Waals surface area contributed by atoms with Crippen molar-refractivity contribution in [1.29, 1.82) is 0 Å². The summed E-state index contributed by atoms with van der Waals surface area (Å²) in [5.74, 6) is -1.54. The number of hydrogen-bond acceptors (Lipinski definition) is 7. The van der Waals surface area contributed by atoms with Gasteiger partial charge in [-0.15, -0.1) is 0 Å². The molecule has 9 heteroatoms. The van der Waals surface area contributed by atoms with E-state index >= 15 is 0 Å². The second-order valence-electron chi connectivity index (χ2n) is 7.63. The maximum Gasteiger partial charge on any atom is 0.337 e. The van der Waals surface area contributed by atoms with Crippen LogP contribution in [0.4, 0.5) is 5.82 Å². The van der Waals surface area contributed by atoms with Crippen LogP contribution in [0, 0.1) is 0 Å². The number of anilines is 1. The molecule has 3 rings (SSSR count). The highest BCUT2D eigenvalue weighted by molar-refractivity contribution is 5.94. The van der Waals surface area contributed by atoms with Gasteiger partial charge in [-0.05, 0) is 38.5 Å². The van der Waals surface area contributed by atoms with E-state index in [0.717, 1.165) is 4.57 Å². The molecule has 31 heavy (non-hydrogen) atoms. The second kappa shape index (κ2) is 8.25. The number of allylic oxidation sites excluding steroid dienone is 1. The van der Waals surface area contributed by atoms with Gasteiger partial charge in [0.2, 0.25) is 0 Å². The minimum absolute atomic E-state index is 0.247. The van der Waals surface area contributed by atoms with E-state index in [9.17, 15) is 19.2 Å². The number of nitrogens with zero attached hydrogens (tertiary/aromatic N) is 2. The Morgan fingerprint density at radius 3 is 2.19 bits per heavy atom. The van der Waals surface area contributed by atoms with Gasteiger partial charge in [-0.2, -0.15) is 0 Å². The fourth-order valence-electron chi connectivity index (χ4n) is 3.70. The Morgan fingerprint density at radius 2 is 1.65 bits per heavy atom. The van der Waals surface area contributed by atoms with Crippen molar-refractivity contribution in [3.63, 3.8) is 0 Å². The van der Waals surface area contributed by atoms with Gasteiger partial charge in [0.05, 0.1) is 35.8 Å². The summed E-state index contributed by atoms with van der Waals surface area (Å²) in [5.41, 5.74) is 0.914. The van der Waals surface area contributed by atoms with Crippen molar-refractivity contribution in [2.45, 2.75) is 32.8 Å². The lowest BCUT2D eigenvalue weighted by Gasteiger charge is -2.31. The zero-order valence-electron chi connectivity index (χ0n) is 18.3. The molecule has 2 aromatic rings. The minimum atomic E-state index is -0.792. The zero-order valence-corrected chi connectivity index (χ0v) is 18.3. The molecule has 1 aromatic carbocycles. The van der Waals surface area contributed by atoms with Crippen LogP contribution in [0.15, 0.2) is 45.1 Å². The van der Waals surface area contributed by atoms with Gasteiger partial charge < -0.3 is 14.8 Å². The van der Waals surface area contributed by atoms with Crippen molar-refractivity contribution < 1.29 is 19.1 Å². The Hall–Kier alpha value is -3.62. The smallest absolute Gasteiger partial charge is 0.337 e. The molecule has 0 spiro atoms. The molecule has 164 valence electrons. The molecule has 0 fully saturated rings. The normalized spacial score (nSPS) is 15.4. The maximum atomic E-state index is 13.1. The first kappa shape index (κ1) is 22.1. The summed E-state index contributed by atoms with van der Waals surface area (Å²) in [6.45, 7) is 5.17. The maximum absolute atomic E-state index is 13.1. The zero-order chi connectivity index (χ0) is 23.0. The second-order valence-corrected chi connectivity index (χ2v) is 7.63. The molecule has 1 aromatic heterocycles. The SMILES string of the molecule is COC(=O)c1ccc(C2C(C(=O)OC(C)C)=C(C)Nc3c2c(=O)n(C)c(=O)n3C)cc1. The van der Waals surface area contributed by atoms with Crippen molar-refractivity contribution >= 4 is 17.8 Å². The predicted molar refractivity (Wildman–Crippen MR) is 114 cm³/mol. The average molecular weight is 427 g/mol. The fourth-order valence-corrected chi connectivity index (χ4v) is 3.70. The topological polar surface area (TPSA) is 109 Å². The van der Waals surface area contributed by atoms with Gasteiger partial charge in [0, 0.05) is 19.8 Å². The van der Waals surface area contributed by atoms with E-state index in [1.807, 2.05) is 0 Å². The first-order valence-corrected chi connectivity index (χ1v) is 9.75. The van der Waals surface area contributed by atoms with Crippen LogP contribution in [0.3, 0.4) is 0 Å². The highest BCUT2D eigenvalue weighted by atomic mass is 16.5. The van der Waals surface area contributed by atoms with Crippen molar-refractivity contribution in [2.75, 3.05) is 12.4 Å². The lowest BCUT2D eigenvalue weighted by Crippen LogP contribution is -2.43. The van der Waals surface area contributed by atoms with Crippen LogP contribution in [0.5, 0.6) is 0 Å². The molecule has 0 aliphatic carbocycles. The Balaban J connectivity index is 2.30. The van der Waals surface area contributed by atoms with Gasteiger partial charge in [0.15, 0.2) is 0 Å². The number of carbonyl (C=O) groups is 2. The number of aromatic nitrogens is 2. The third kappa shape index (κ3) is 3.78. The predicted octanol–water partition coefficient (Wildman–Crippen LogP) is 1.65. The van der Waals surface area contributed by atoms with Crippen LogP contribution in [-0.2, 0) is 28.4 Å². The van der Waals surface area contributed by atoms with Crippen molar-refractivity contribution in [3.8, 4) is 0 Å². The number of nitrogens with one attached hydrogen (secondary N) is 1. The number of carbonyl (C=O) groups excluding carboxylic acids is 2. The third-order valence-corrected chi connectivity index (χ3v) is 5.21. The largest absolute Gasteiger partial charge is 0.465 e. The van der Waals surface area contributed by atoms with Crippen LogP contribution in [0.2, 0.25) is 0 Å². The van der Waals surface area contributed by atoms with E-state index in [4.69, 9.17) is 9.47 Å². The molecule has 1 unspecified atom stereocenters. The van der Waals surface area contributed by atoms with E-state index in [-0.39, 0.29) is 17.2 Å². The molecular formula is C22H25N3O6. The third-order valence-electron chi connectivity index (χ3n) is 5.21. The van der Waals surface area contributed by atoms with Gasteiger partial charge in [0.1, 0.15) is 5.82 Å². The number of methoxy groups -OCH3 is 1. The summed E-state index contributed by atoms with van der Waals surface area (Å²) >= 11 is 0. The summed E-state index contributed by atoms with van der Waals surface area (Å²) in [6, 6.07) is 6.45. The van der Waals surface area contributed by atoms with Crippen LogP contribution in [0.25, 0.3) is 0 Å². The van der Waals surface area contributed by atoms with E-state index in [0.29, 0.717) is 22.6 Å². The molecule has 0 amide bonds. The number of fused-ring (bicyclic) bond motifs is 1. The first-order chi connectivity index (χ1) is 14.6. The van der Waals surface area contributed by atoms with Crippen molar-refractivity contribution in [1.82, 2.24) is 9.13 Å². The molecule has 1 atom stereocenters. The quantitative estimate of drug-likeness (QED) is 0.739. The van der Waals surface area contributed by atoms with E-state index in [1.54, 1.807) is 52.1 Å². The lowest BCUT2D eigenvalue weighted by atomic mass is 9.82. The molecule has 0 saturated carbocycles. The highest BCUT2D eigenvalue weighted by Crippen LogP contribution is 2.40. The van der Waals surface area contributed by atoms with Gasteiger partial charge >= 0.3 is 17.6 Å². The monoisotopic (exact) mass is 427 g/mol. The van der Waals surface area contributed by atoms with Crippen molar-refractivity contribution in [3.05, 3.63) is 73.1 Å². The van der Waals surface area contributed by atoms with Crippen LogP contribution >= 0.6 is 0 Å². The molecule has 1 N–H and O–H groups in total. The molecular weight excluding hydrogens is 402 g/mol. The van der Waals surface area contributed by atoms with E-state index in [1.165, 1.54) is 18.7 Å². The van der Waals surface area contributed by atoms with E-state index in [2.05, 4.69) is 5.32 Å². The first-order valence-electron chi connectivity index (χ1n) is 9.75. The summed E-state index contributed by atoms with van der Waals surface area (Å²) in [5, 5.41) is 3.03. The Bertz CT molecular complexity index is 1200. The van der Waals surface area contributed by atoms with Gasteiger partial charge in [-0.1, -0.05) is 12.1 Å².